The predicted octanol–water partition coefficient (Wildman–Crippen LogP) is 2.91. The van der Waals surface area contributed by atoms with Gasteiger partial charge >= 0.3 is 0 Å². The number of fused-ring (bicyclic) bond motifs is 1. The molecule has 0 saturated heterocycles. The smallest absolute Gasteiger partial charge is 0.232 e. The van der Waals surface area contributed by atoms with Gasteiger partial charge in [0, 0.05) is 23.6 Å². The SMILES string of the molecule is Cc1ccc(C)c(N(CCNC(=O)Cc2c[nH]c3ccccc23)S(C)(=O)=O)c1. The summed E-state index contributed by atoms with van der Waals surface area (Å²) >= 11 is 0. The Kier molecular flexibility index (Phi) is 5.74. The van der Waals surface area contributed by atoms with E-state index in [0.717, 1.165) is 27.6 Å². The summed E-state index contributed by atoms with van der Waals surface area (Å²) in [5.41, 5.74) is 4.42. The van der Waals surface area contributed by atoms with Gasteiger partial charge in [-0.25, -0.2) is 8.42 Å². The standard InChI is InChI=1S/C21H25N3O3S/c1-15-8-9-16(2)20(12-15)24(28(3,26)27)11-10-22-21(25)13-17-14-23-19-7-5-4-6-18(17)19/h4-9,12,14,23H,10-11,13H2,1-3H3,(H,22,25). The molecule has 2 N–H and O–H groups in total. The van der Waals surface area contributed by atoms with Crippen molar-refractivity contribution in [2.24, 2.45) is 0 Å². The average Bonchev–Trinajstić information content (AvgIpc) is 3.03. The number of para-hydroxylation sites is 1. The van der Waals surface area contributed by atoms with Crippen molar-refractivity contribution < 1.29 is 13.2 Å². The fourth-order valence-electron chi connectivity index (χ4n) is 3.26. The Hall–Kier alpha value is -2.80. The quantitative estimate of drug-likeness (QED) is 0.641. The molecule has 0 aliphatic heterocycles. The maximum atomic E-state index is 12.3. The molecule has 148 valence electrons. The Morgan fingerprint density at radius 1 is 1.14 bits per heavy atom. The summed E-state index contributed by atoms with van der Waals surface area (Å²) < 4.78 is 25.9. The molecule has 0 spiro atoms. The highest BCUT2D eigenvalue weighted by Crippen LogP contribution is 2.23. The van der Waals surface area contributed by atoms with Crippen LogP contribution >= 0.6 is 0 Å². The molecule has 0 unspecified atom stereocenters. The zero-order chi connectivity index (χ0) is 20.3. The van der Waals surface area contributed by atoms with Crippen LogP contribution in [-0.4, -0.2) is 38.7 Å². The molecule has 1 amide bonds. The molecule has 3 rings (SSSR count). The zero-order valence-corrected chi connectivity index (χ0v) is 17.1. The highest BCUT2D eigenvalue weighted by molar-refractivity contribution is 7.92. The molecular formula is C21H25N3O3S. The van der Waals surface area contributed by atoms with Crippen LogP contribution in [0, 0.1) is 13.8 Å². The summed E-state index contributed by atoms with van der Waals surface area (Å²) in [5, 5.41) is 3.85. The molecule has 0 aliphatic carbocycles. The number of nitrogens with zero attached hydrogens (tertiary/aromatic N) is 1. The molecular weight excluding hydrogens is 374 g/mol. The van der Waals surface area contributed by atoms with Gasteiger partial charge < -0.3 is 10.3 Å². The third-order valence-electron chi connectivity index (χ3n) is 4.70. The number of hydrogen-bond donors (Lipinski definition) is 2. The monoisotopic (exact) mass is 399 g/mol. The number of nitrogens with one attached hydrogen (secondary N) is 2. The Morgan fingerprint density at radius 3 is 2.64 bits per heavy atom. The summed E-state index contributed by atoms with van der Waals surface area (Å²) in [6.45, 7) is 4.22. The fraction of sp³-hybridized carbons (Fsp3) is 0.286. The van der Waals surface area contributed by atoms with E-state index in [4.69, 9.17) is 0 Å². The van der Waals surface area contributed by atoms with Gasteiger partial charge in [0.2, 0.25) is 15.9 Å². The number of anilines is 1. The molecule has 1 heterocycles. The van der Waals surface area contributed by atoms with E-state index in [1.807, 2.05) is 62.5 Å². The number of carbonyl (C=O) groups is 1. The number of sulfonamides is 1. The van der Waals surface area contributed by atoms with Crippen LogP contribution in [0.2, 0.25) is 0 Å². The lowest BCUT2D eigenvalue weighted by Crippen LogP contribution is -2.39. The van der Waals surface area contributed by atoms with Crippen LogP contribution in [0.3, 0.4) is 0 Å². The second kappa shape index (κ2) is 8.06. The maximum Gasteiger partial charge on any atom is 0.232 e. The minimum atomic E-state index is -3.46. The fourth-order valence-corrected chi connectivity index (χ4v) is 4.24. The normalized spacial score (nSPS) is 11.5. The highest BCUT2D eigenvalue weighted by Gasteiger charge is 2.19. The number of hydrogen-bond acceptors (Lipinski definition) is 3. The van der Waals surface area contributed by atoms with Gasteiger partial charge in [0.05, 0.1) is 24.9 Å². The molecule has 0 bridgehead atoms. The first-order valence-corrected chi connectivity index (χ1v) is 11.0. The average molecular weight is 400 g/mol. The Morgan fingerprint density at radius 2 is 1.89 bits per heavy atom. The second-order valence-electron chi connectivity index (χ2n) is 7.01. The number of aromatic nitrogens is 1. The molecule has 6 nitrogen and oxygen atoms in total. The lowest BCUT2D eigenvalue weighted by molar-refractivity contribution is -0.120. The molecule has 7 heteroatoms. The summed E-state index contributed by atoms with van der Waals surface area (Å²) in [4.78, 5) is 15.5. The maximum absolute atomic E-state index is 12.3. The van der Waals surface area contributed by atoms with Crippen molar-refractivity contribution in [1.29, 1.82) is 0 Å². The zero-order valence-electron chi connectivity index (χ0n) is 16.3. The van der Waals surface area contributed by atoms with Gasteiger partial charge in [0.25, 0.3) is 0 Å². The lowest BCUT2D eigenvalue weighted by atomic mass is 10.1. The minimum Gasteiger partial charge on any atom is -0.361 e. The number of H-pyrrole nitrogens is 1. The molecule has 0 radical (unpaired) electrons. The summed E-state index contributed by atoms with van der Waals surface area (Å²) in [6.07, 6.45) is 3.26. The van der Waals surface area contributed by atoms with Crippen molar-refractivity contribution in [2.75, 3.05) is 23.7 Å². The number of aryl methyl sites for hydroxylation is 2. The summed E-state index contributed by atoms with van der Waals surface area (Å²) in [7, 11) is -3.46. The van der Waals surface area contributed by atoms with Crippen LogP contribution in [0.4, 0.5) is 5.69 Å². The minimum absolute atomic E-state index is 0.140. The van der Waals surface area contributed by atoms with Crippen molar-refractivity contribution >= 4 is 32.5 Å². The van der Waals surface area contributed by atoms with E-state index in [-0.39, 0.29) is 25.4 Å². The molecule has 2 aromatic carbocycles. The van der Waals surface area contributed by atoms with Crippen LogP contribution in [0.15, 0.2) is 48.7 Å². The van der Waals surface area contributed by atoms with Gasteiger partial charge in [-0.1, -0.05) is 30.3 Å². The van der Waals surface area contributed by atoms with Gasteiger partial charge in [-0.2, -0.15) is 0 Å². The van der Waals surface area contributed by atoms with Crippen LogP contribution in [0.25, 0.3) is 10.9 Å². The van der Waals surface area contributed by atoms with Crippen LogP contribution < -0.4 is 9.62 Å². The van der Waals surface area contributed by atoms with Crippen molar-refractivity contribution in [1.82, 2.24) is 10.3 Å². The number of aromatic amines is 1. The first-order chi connectivity index (χ1) is 13.3. The van der Waals surface area contributed by atoms with E-state index < -0.39 is 10.0 Å². The van der Waals surface area contributed by atoms with Crippen molar-refractivity contribution in [2.45, 2.75) is 20.3 Å². The van der Waals surface area contributed by atoms with E-state index in [1.165, 1.54) is 10.6 Å². The van der Waals surface area contributed by atoms with Crippen LogP contribution in [-0.2, 0) is 21.2 Å². The lowest BCUT2D eigenvalue weighted by Gasteiger charge is -2.24. The third-order valence-corrected chi connectivity index (χ3v) is 5.88. The Bertz CT molecular complexity index is 1100. The third kappa shape index (κ3) is 4.54. The molecule has 0 atom stereocenters. The van der Waals surface area contributed by atoms with Gasteiger partial charge in [-0.3, -0.25) is 9.10 Å². The summed E-state index contributed by atoms with van der Waals surface area (Å²) in [6, 6.07) is 13.5. The molecule has 1 aromatic heterocycles. The van der Waals surface area contributed by atoms with Gasteiger partial charge in [-0.15, -0.1) is 0 Å². The Labute approximate surface area is 165 Å². The first kappa shape index (κ1) is 19.9. The largest absolute Gasteiger partial charge is 0.361 e. The first-order valence-electron chi connectivity index (χ1n) is 9.12. The Balaban J connectivity index is 1.66. The number of rotatable bonds is 7. The van der Waals surface area contributed by atoms with E-state index in [2.05, 4.69) is 10.3 Å². The van der Waals surface area contributed by atoms with Crippen LogP contribution in [0.5, 0.6) is 0 Å². The van der Waals surface area contributed by atoms with E-state index in [1.54, 1.807) is 0 Å². The predicted molar refractivity (Wildman–Crippen MR) is 113 cm³/mol. The van der Waals surface area contributed by atoms with Crippen molar-refractivity contribution in [3.05, 3.63) is 65.4 Å². The van der Waals surface area contributed by atoms with Gasteiger partial charge in [0.1, 0.15) is 0 Å². The van der Waals surface area contributed by atoms with E-state index >= 15 is 0 Å². The second-order valence-corrected chi connectivity index (χ2v) is 8.92. The van der Waals surface area contributed by atoms with Gasteiger partial charge in [-0.05, 0) is 42.7 Å². The molecule has 0 aliphatic rings. The van der Waals surface area contributed by atoms with Crippen LogP contribution in [0.1, 0.15) is 16.7 Å². The topological polar surface area (TPSA) is 82.3 Å². The molecule has 3 aromatic rings. The molecule has 0 saturated carbocycles. The van der Waals surface area contributed by atoms with Gasteiger partial charge in [0.15, 0.2) is 0 Å². The van der Waals surface area contributed by atoms with Crippen molar-refractivity contribution in [3.8, 4) is 0 Å². The molecule has 0 fully saturated rings. The van der Waals surface area contributed by atoms with Crippen molar-refractivity contribution in [3.63, 3.8) is 0 Å². The summed E-state index contributed by atoms with van der Waals surface area (Å²) in [5.74, 6) is -0.140. The molecule has 28 heavy (non-hydrogen) atoms. The number of benzene rings is 2. The van der Waals surface area contributed by atoms with E-state index in [0.29, 0.717) is 5.69 Å². The van der Waals surface area contributed by atoms with E-state index in [9.17, 15) is 13.2 Å². The number of amides is 1. The highest BCUT2D eigenvalue weighted by atomic mass is 32.2. The number of carbonyl (C=O) groups excluding carboxylic acids is 1.